The Morgan fingerprint density at radius 3 is 2.61 bits per heavy atom. The van der Waals surface area contributed by atoms with Crippen molar-refractivity contribution in [1.82, 2.24) is 15.2 Å². The number of aromatic nitrogens is 3. The van der Waals surface area contributed by atoms with Crippen LogP contribution in [0.5, 0.6) is 0 Å². The third kappa shape index (κ3) is 3.55. The maximum Gasteiger partial charge on any atom is 0.242 e. The molecule has 0 aliphatic carbocycles. The minimum Gasteiger partial charge on any atom is -0.383 e. The summed E-state index contributed by atoms with van der Waals surface area (Å²) in [5, 5.41) is 11.7. The molecule has 4 rings (SSSR count). The minimum atomic E-state index is -0.241. The average Bonchev–Trinajstić information content (AvgIpc) is 3.07. The van der Waals surface area contributed by atoms with Crippen LogP contribution in [0.15, 0.2) is 53.7 Å². The Balaban J connectivity index is 1.46. The number of hydrogen-bond acceptors (Lipinski definition) is 6. The van der Waals surface area contributed by atoms with Gasteiger partial charge in [0.25, 0.3) is 0 Å². The summed E-state index contributed by atoms with van der Waals surface area (Å²) in [5.41, 5.74) is 10.4. The van der Waals surface area contributed by atoms with Gasteiger partial charge in [-0.3, -0.25) is 4.99 Å². The molecule has 0 amide bonds. The number of fused-ring (bicyclic) bond motifs is 1. The minimum absolute atomic E-state index is 0.216. The van der Waals surface area contributed by atoms with Gasteiger partial charge in [0.1, 0.15) is 17.3 Å². The highest BCUT2D eigenvalue weighted by atomic mass is 19.1. The van der Waals surface area contributed by atoms with Crippen molar-refractivity contribution in [3.05, 3.63) is 71.2 Å². The summed E-state index contributed by atoms with van der Waals surface area (Å²) in [4.78, 5) is 8.61. The summed E-state index contributed by atoms with van der Waals surface area (Å²) in [6.45, 7) is 5.36. The average molecular weight is 376 g/mol. The number of benzene rings is 2. The molecule has 3 aromatic rings. The molecule has 0 saturated carbocycles. The van der Waals surface area contributed by atoms with E-state index >= 15 is 0 Å². The molecule has 0 fully saturated rings. The van der Waals surface area contributed by atoms with Crippen LogP contribution in [0.1, 0.15) is 30.5 Å². The van der Waals surface area contributed by atoms with Crippen LogP contribution in [0.25, 0.3) is 11.3 Å². The van der Waals surface area contributed by atoms with Crippen molar-refractivity contribution < 1.29 is 4.39 Å². The molecule has 2 aromatic carbocycles. The van der Waals surface area contributed by atoms with Crippen molar-refractivity contribution in [3.63, 3.8) is 0 Å². The second kappa shape index (κ2) is 6.99. The second-order valence-electron chi connectivity index (χ2n) is 7.48. The quantitative estimate of drug-likeness (QED) is 0.713. The lowest BCUT2D eigenvalue weighted by Crippen LogP contribution is -2.28. The second-order valence-corrected chi connectivity index (χ2v) is 7.48. The Kier molecular flexibility index (Phi) is 4.50. The molecule has 2 heterocycles. The first-order valence-electron chi connectivity index (χ1n) is 9.06. The highest BCUT2D eigenvalue weighted by Crippen LogP contribution is 2.25. The number of halogens is 1. The predicted octanol–water partition coefficient (Wildman–Crippen LogP) is 3.29. The fourth-order valence-corrected chi connectivity index (χ4v) is 3.16. The van der Waals surface area contributed by atoms with Gasteiger partial charge in [0.2, 0.25) is 5.95 Å². The molecular formula is C21H21FN6. The van der Waals surface area contributed by atoms with Gasteiger partial charge in [-0.1, -0.05) is 38.1 Å². The van der Waals surface area contributed by atoms with E-state index in [4.69, 9.17) is 5.73 Å². The molecule has 28 heavy (non-hydrogen) atoms. The first-order valence-corrected chi connectivity index (χ1v) is 9.06. The van der Waals surface area contributed by atoms with Crippen molar-refractivity contribution in [3.8, 4) is 11.3 Å². The smallest absolute Gasteiger partial charge is 0.242 e. The molecule has 1 aliphatic heterocycles. The summed E-state index contributed by atoms with van der Waals surface area (Å²) in [7, 11) is 0. The van der Waals surface area contributed by atoms with Crippen LogP contribution in [0.4, 0.5) is 10.3 Å². The van der Waals surface area contributed by atoms with E-state index in [1.54, 1.807) is 18.3 Å². The molecule has 0 spiro atoms. The SMILES string of the molecule is CC(C)(CNc1ncc(-c2ccc3c(c2)C(N)=NC3)nn1)c1ccc(F)cc1. The van der Waals surface area contributed by atoms with Crippen LogP contribution < -0.4 is 11.1 Å². The highest BCUT2D eigenvalue weighted by molar-refractivity contribution is 6.01. The zero-order chi connectivity index (χ0) is 19.7. The van der Waals surface area contributed by atoms with Gasteiger partial charge in [-0.05, 0) is 29.3 Å². The molecule has 0 atom stereocenters. The monoisotopic (exact) mass is 376 g/mol. The largest absolute Gasteiger partial charge is 0.383 e. The van der Waals surface area contributed by atoms with Gasteiger partial charge in [-0.2, -0.15) is 0 Å². The van der Waals surface area contributed by atoms with Crippen LogP contribution in [0.3, 0.4) is 0 Å². The third-order valence-corrected chi connectivity index (χ3v) is 4.98. The van der Waals surface area contributed by atoms with E-state index in [2.05, 4.69) is 39.3 Å². The number of nitrogens with one attached hydrogen (secondary N) is 1. The van der Waals surface area contributed by atoms with Gasteiger partial charge in [-0.15, -0.1) is 10.2 Å². The van der Waals surface area contributed by atoms with E-state index in [1.165, 1.54) is 12.1 Å². The van der Waals surface area contributed by atoms with Gasteiger partial charge in [0.15, 0.2) is 0 Å². The summed E-state index contributed by atoms with van der Waals surface area (Å²) in [6.07, 6.45) is 1.68. The standard InChI is InChI=1S/C21H21FN6/c1-21(2,15-5-7-16(22)8-6-15)12-26-20-25-11-18(27-28-20)13-3-4-14-10-24-19(23)17(14)9-13/h3-9,11H,10,12H2,1-2H3,(H2,23,24)(H,25,26,28). The molecule has 142 valence electrons. The van der Waals surface area contributed by atoms with Gasteiger partial charge in [0, 0.05) is 23.1 Å². The Morgan fingerprint density at radius 2 is 1.89 bits per heavy atom. The number of nitrogens with zero attached hydrogens (tertiary/aromatic N) is 4. The summed E-state index contributed by atoms with van der Waals surface area (Å²) < 4.78 is 13.1. The van der Waals surface area contributed by atoms with Gasteiger partial charge < -0.3 is 11.1 Å². The molecule has 6 nitrogen and oxygen atoms in total. The normalized spacial score (nSPS) is 13.2. The Hall–Kier alpha value is -3.35. The molecule has 0 saturated heterocycles. The Labute approximate surface area is 162 Å². The number of rotatable bonds is 5. The van der Waals surface area contributed by atoms with Crippen LogP contribution in [0, 0.1) is 5.82 Å². The predicted molar refractivity (Wildman–Crippen MR) is 108 cm³/mol. The maximum absolute atomic E-state index is 13.1. The van der Waals surface area contributed by atoms with Crippen LogP contribution in [-0.4, -0.2) is 27.6 Å². The van der Waals surface area contributed by atoms with Crippen molar-refractivity contribution in [2.75, 3.05) is 11.9 Å². The molecule has 0 bridgehead atoms. The summed E-state index contributed by atoms with van der Waals surface area (Å²) in [6, 6.07) is 12.5. The van der Waals surface area contributed by atoms with E-state index in [0.29, 0.717) is 30.6 Å². The number of nitrogens with two attached hydrogens (primary N) is 1. The van der Waals surface area contributed by atoms with Gasteiger partial charge in [0.05, 0.1) is 12.7 Å². The Morgan fingerprint density at radius 1 is 1.11 bits per heavy atom. The number of amidine groups is 1. The number of hydrogen-bond donors (Lipinski definition) is 2. The van der Waals surface area contributed by atoms with E-state index < -0.39 is 0 Å². The van der Waals surface area contributed by atoms with Gasteiger partial charge in [-0.25, -0.2) is 9.37 Å². The first kappa shape index (κ1) is 18.0. The van der Waals surface area contributed by atoms with E-state index in [-0.39, 0.29) is 11.2 Å². The Bertz CT molecular complexity index is 1030. The molecule has 1 aromatic heterocycles. The summed E-state index contributed by atoms with van der Waals surface area (Å²) >= 11 is 0. The van der Waals surface area contributed by atoms with Gasteiger partial charge >= 0.3 is 0 Å². The molecule has 0 radical (unpaired) electrons. The van der Waals surface area contributed by atoms with Crippen LogP contribution in [0.2, 0.25) is 0 Å². The van der Waals surface area contributed by atoms with Crippen molar-refractivity contribution in [2.24, 2.45) is 10.7 Å². The van der Waals surface area contributed by atoms with Crippen molar-refractivity contribution >= 4 is 11.8 Å². The lowest BCUT2D eigenvalue weighted by atomic mass is 9.84. The first-order chi connectivity index (χ1) is 13.4. The lowest BCUT2D eigenvalue weighted by molar-refractivity contribution is 0.551. The summed E-state index contributed by atoms with van der Waals surface area (Å²) in [5.74, 6) is 0.760. The zero-order valence-electron chi connectivity index (χ0n) is 15.8. The highest BCUT2D eigenvalue weighted by Gasteiger charge is 2.21. The van der Waals surface area contributed by atoms with E-state index in [9.17, 15) is 4.39 Å². The van der Waals surface area contributed by atoms with E-state index in [0.717, 1.165) is 22.3 Å². The fourth-order valence-electron chi connectivity index (χ4n) is 3.16. The third-order valence-electron chi connectivity index (χ3n) is 4.98. The molecule has 1 aliphatic rings. The molecule has 0 unspecified atom stereocenters. The topological polar surface area (TPSA) is 89.1 Å². The maximum atomic E-state index is 13.1. The molecular weight excluding hydrogens is 355 g/mol. The zero-order valence-corrected chi connectivity index (χ0v) is 15.8. The van der Waals surface area contributed by atoms with Crippen LogP contribution >= 0.6 is 0 Å². The lowest BCUT2D eigenvalue weighted by Gasteiger charge is -2.25. The number of anilines is 1. The number of aliphatic imine (C=N–C) groups is 1. The molecule has 3 N–H and O–H groups in total. The van der Waals surface area contributed by atoms with Crippen LogP contribution in [-0.2, 0) is 12.0 Å². The molecule has 7 heteroatoms. The fraction of sp³-hybridized carbons (Fsp3) is 0.238. The van der Waals surface area contributed by atoms with Crippen molar-refractivity contribution in [1.29, 1.82) is 0 Å². The van der Waals surface area contributed by atoms with Crippen molar-refractivity contribution in [2.45, 2.75) is 25.8 Å². The van der Waals surface area contributed by atoms with E-state index in [1.807, 2.05) is 18.2 Å².